The predicted octanol–water partition coefficient (Wildman–Crippen LogP) is 8.10. The molecular weight excluding hydrogens is 570 g/mol. The number of benzene rings is 5. The zero-order valence-electron chi connectivity index (χ0n) is 21.2. The smallest absolute Gasteiger partial charge is 0.296 e. The first-order chi connectivity index (χ1) is 19.7. The van der Waals surface area contributed by atoms with Gasteiger partial charge in [-0.25, -0.2) is 5.26 Å². The third kappa shape index (κ3) is 6.02. The molecule has 0 fully saturated rings. The van der Waals surface area contributed by atoms with Gasteiger partial charge in [0.1, 0.15) is 10.6 Å². The van der Waals surface area contributed by atoms with E-state index >= 15 is 0 Å². The van der Waals surface area contributed by atoms with E-state index < -0.39 is 26.5 Å². The largest absolute Gasteiger partial charge is 0.505 e. The fourth-order valence-electron chi connectivity index (χ4n) is 4.13. The number of aromatic hydroxyl groups is 1. The Balaban J connectivity index is 1.66. The molecule has 0 heterocycles. The summed E-state index contributed by atoms with van der Waals surface area (Å²) < 4.78 is 38.8. The summed E-state index contributed by atoms with van der Waals surface area (Å²) >= 11 is 0.726. The van der Waals surface area contributed by atoms with Crippen LogP contribution in [0.1, 0.15) is 5.56 Å². The Labute approximate surface area is 237 Å². The van der Waals surface area contributed by atoms with Crippen LogP contribution >= 0.6 is 12.0 Å². The summed E-state index contributed by atoms with van der Waals surface area (Å²) in [5.41, 5.74) is 8.08. The molecule has 0 saturated heterocycles. The molecule has 41 heavy (non-hydrogen) atoms. The van der Waals surface area contributed by atoms with Gasteiger partial charge in [0.15, 0.2) is 5.75 Å². The van der Waals surface area contributed by atoms with Crippen LogP contribution in [0.3, 0.4) is 0 Å². The minimum Gasteiger partial charge on any atom is -0.505 e. The highest BCUT2D eigenvalue weighted by atomic mass is 32.2. The van der Waals surface area contributed by atoms with Gasteiger partial charge in [-0.3, -0.25) is 4.55 Å². The van der Waals surface area contributed by atoms with Gasteiger partial charge in [-0.05, 0) is 72.5 Å². The summed E-state index contributed by atoms with van der Waals surface area (Å²) in [6.45, 7) is 1.92. The van der Waals surface area contributed by atoms with E-state index in [0.29, 0.717) is 32.7 Å². The molecule has 5 aromatic rings. The van der Waals surface area contributed by atoms with E-state index in [1.165, 1.54) is 18.2 Å². The van der Waals surface area contributed by atoms with Crippen LogP contribution in [0.25, 0.3) is 21.5 Å². The Kier molecular flexibility index (Phi) is 7.94. The van der Waals surface area contributed by atoms with Crippen molar-refractivity contribution in [3.8, 4) is 5.75 Å². The molecule has 0 saturated carbocycles. The lowest BCUT2D eigenvalue weighted by molar-refractivity contribution is -0.432. The van der Waals surface area contributed by atoms with Crippen LogP contribution in [0.5, 0.6) is 5.75 Å². The lowest BCUT2D eigenvalue weighted by Gasteiger charge is -2.10. The second-order valence-corrected chi connectivity index (χ2v) is 10.9. The Bertz CT molecular complexity index is 1960. The fraction of sp³-hybridized carbons (Fsp3) is 0.0370. The number of rotatable bonds is 8. The van der Waals surface area contributed by atoms with Gasteiger partial charge in [0.05, 0.1) is 29.1 Å². The molecule has 0 radical (unpaired) electrons. The van der Waals surface area contributed by atoms with Crippen molar-refractivity contribution < 1.29 is 32.7 Å². The van der Waals surface area contributed by atoms with Crippen LogP contribution in [0.15, 0.2) is 109 Å². The van der Waals surface area contributed by atoms with Crippen LogP contribution in [-0.2, 0) is 19.5 Å². The van der Waals surface area contributed by atoms with E-state index in [0.717, 1.165) is 23.7 Å². The maximum absolute atomic E-state index is 12.2. The number of hydrogen-bond donors (Lipinski definition) is 4. The van der Waals surface area contributed by atoms with Gasteiger partial charge in [0.25, 0.3) is 10.1 Å². The average Bonchev–Trinajstić information content (AvgIpc) is 2.94. The number of anilines is 1. The number of nitrogen functional groups attached to an aromatic ring is 1. The standard InChI is InChI=1S/C27H21N5O7S2/c1-15-4-2-3-5-22(15)29-30-23-10-11-24(21-14-18(40-39-38-34)7-9-20(21)23)31-32-26-25(41(35,36)37)13-16-12-17(28)6-8-19(16)27(26)33/h2-14,33-34H,28H2,1H3,(H,35,36,37). The van der Waals surface area contributed by atoms with E-state index in [-0.39, 0.29) is 16.5 Å². The summed E-state index contributed by atoms with van der Waals surface area (Å²) in [5, 5.41) is 41.8. The van der Waals surface area contributed by atoms with Gasteiger partial charge in [-0.15, -0.1) is 19.7 Å². The quantitative estimate of drug-likeness (QED) is 0.0345. The van der Waals surface area contributed by atoms with Crippen molar-refractivity contribution in [3.63, 3.8) is 0 Å². The second-order valence-electron chi connectivity index (χ2n) is 8.75. The summed E-state index contributed by atoms with van der Waals surface area (Å²) in [7, 11) is -4.81. The molecular formula is C27H21N5O7S2. The molecule has 0 aliphatic carbocycles. The third-order valence-electron chi connectivity index (χ3n) is 6.09. The summed E-state index contributed by atoms with van der Waals surface area (Å²) in [6, 6.07) is 21.5. The summed E-state index contributed by atoms with van der Waals surface area (Å²) in [6.07, 6.45) is 0. The first kappa shape index (κ1) is 28.1. The van der Waals surface area contributed by atoms with E-state index in [2.05, 4.69) is 29.8 Å². The number of phenols is 1. The lowest BCUT2D eigenvalue weighted by atomic mass is 10.1. The zero-order chi connectivity index (χ0) is 29.1. The molecule has 0 amide bonds. The zero-order valence-corrected chi connectivity index (χ0v) is 22.8. The van der Waals surface area contributed by atoms with Gasteiger partial charge < -0.3 is 10.8 Å². The molecule has 14 heteroatoms. The van der Waals surface area contributed by atoms with Crippen LogP contribution in [0.2, 0.25) is 0 Å². The topological polar surface area (TPSA) is 189 Å². The number of azo groups is 2. The third-order valence-corrected chi connectivity index (χ3v) is 7.54. The maximum atomic E-state index is 12.2. The number of phenolic OH excluding ortho intramolecular Hbond substituents is 1. The van der Waals surface area contributed by atoms with Gasteiger partial charge in [0, 0.05) is 26.7 Å². The molecule has 5 rings (SSSR count). The summed E-state index contributed by atoms with van der Waals surface area (Å²) in [5.74, 6) is -0.503. The second kappa shape index (κ2) is 11.6. The highest BCUT2D eigenvalue weighted by molar-refractivity contribution is 7.94. The molecule has 0 aromatic heterocycles. The predicted molar refractivity (Wildman–Crippen MR) is 154 cm³/mol. The molecule has 0 bridgehead atoms. The van der Waals surface area contributed by atoms with E-state index in [4.69, 9.17) is 11.0 Å². The molecule has 5 aromatic carbocycles. The number of aryl methyl sites for hydroxylation is 1. The van der Waals surface area contributed by atoms with Crippen molar-refractivity contribution in [1.29, 1.82) is 0 Å². The molecule has 12 nitrogen and oxygen atoms in total. The number of nitrogens with zero attached hydrogens (tertiary/aromatic N) is 4. The van der Waals surface area contributed by atoms with Gasteiger partial charge in [0.2, 0.25) is 0 Å². The molecule has 0 aliphatic heterocycles. The molecule has 208 valence electrons. The number of hydrogen-bond acceptors (Lipinski definition) is 12. The van der Waals surface area contributed by atoms with Crippen LogP contribution in [0, 0.1) is 6.92 Å². The van der Waals surface area contributed by atoms with Gasteiger partial charge in [-0.2, -0.15) is 13.5 Å². The Hall–Kier alpha value is -4.44. The van der Waals surface area contributed by atoms with Crippen LogP contribution < -0.4 is 5.73 Å². The molecule has 5 N–H and O–H groups in total. The van der Waals surface area contributed by atoms with Crippen molar-refractivity contribution in [2.75, 3.05) is 5.73 Å². The van der Waals surface area contributed by atoms with Crippen LogP contribution in [0.4, 0.5) is 28.4 Å². The summed E-state index contributed by atoms with van der Waals surface area (Å²) in [4.78, 5) is -0.129. The first-order valence-electron chi connectivity index (χ1n) is 11.8. The lowest BCUT2D eigenvalue weighted by Crippen LogP contribution is -1.99. The Morgan fingerprint density at radius 3 is 2.22 bits per heavy atom. The highest BCUT2D eigenvalue weighted by Gasteiger charge is 2.22. The van der Waals surface area contributed by atoms with Crippen molar-refractivity contribution in [1.82, 2.24) is 0 Å². The number of fused-ring (bicyclic) bond motifs is 2. The minimum atomic E-state index is -4.81. The highest BCUT2D eigenvalue weighted by Crippen LogP contribution is 2.43. The Morgan fingerprint density at radius 2 is 1.49 bits per heavy atom. The van der Waals surface area contributed by atoms with E-state index in [1.807, 2.05) is 31.2 Å². The van der Waals surface area contributed by atoms with Crippen molar-refractivity contribution in [2.45, 2.75) is 16.7 Å². The molecule has 0 aliphatic rings. The maximum Gasteiger partial charge on any atom is 0.296 e. The van der Waals surface area contributed by atoms with Gasteiger partial charge in [-0.1, -0.05) is 29.3 Å². The van der Waals surface area contributed by atoms with Crippen molar-refractivity contribution in [3.05, 3.63) is 84.4 Å². The number of nitrogens with two attached hydrogens (primary N) is 1. The average molecular weight is 592 g/mol. The van der Waals surface area contributed by atoms with Crippen molar-refractivity contribution in [2.24, 2.45) is 20.5 Å². The Morgan fingerprint density at radius 1 is 0.805 bits per heavy atom. The van der Waals surface area contributed by atoms with E-state index in [9.17, 15) is 18.1 Å². The molecule has 0 spiro atoms. The SMILES string of the molecule is Cc1ccccc1N=Nc1ccc(N=Nc2c(S(=O)(=O)O)cc3cc(N)ccc3c2O)c2cc(SOOO)ccc12. The van der Waals surface area contributed by atoms with Gasteiger partial charge >= 0.3 is 0 Å². The minimum absolute atomic E-state index is 0.261. The van der Waals surface area contributed by atoms with Crippen molar-refractivity contribution >= 4 is 72.1 Å². The molecule has 0 unspecified atom stereocenters. The van der Waals surface area contributed by atoms with Crippen LogP contribution in [-0.4, -0.2) is 23.3 Å². The molecule has 0 atom stereocenters. The first-order valence-corrected chi connectivity index (χ1v) is 14.0. The fourth-order valence-corrected chi connectivity index (χ4v) is 5.18. The normalized spacial score (nSPS) is 12.3. The monoisotopic (exact) mass is 591 g/mol. The van der Waals surface area contributed by atoms with E-state index in [1.54, 1.807) is 30.3 Å².